The molecule has 6 nitrogen and oxygen atoms in total. The van der Waals surface area contributed by atoms with Crippen LogP contribution in [0.25, 0.3) is 0 Å². The van der Waals surface area contributed by atoms with E-state index in [0.717, 1.165) is 26.2 Å². The Hall–Kier alpha value is -0.950. The van der Waals surface area contributed by atoms with Crippen molar-refractivity contribution in [3.63, 3.8) is 0 Å². The number of hydrogen-bond donors (Lipinski definition) is 2. The van der Waals surface area contributed by atoms with Crippen molar-refractivity contribution in [1.82, 2.24) is 24.9 Å². The van der Waals surface area contributed by atoms with Gasteiger partial charge in [-0.05, 0) is 51.2 Å². The average molecular weight is 390 g/mol. The van der Waals surface area contributed by atoms with Gasteiger partial charge in [-0.2, -0.15) is 5.10 Å². The normalized spacial score (nSPS) is 29.4. The van der Waals surface area contributed by atoms with Crippen molar-refractivity contribution in [1.29, 1.82) is 0 Å². The molecule has 0 spiro atoms. The Kier molecular flexibility index (Phi) is 7.04. The molecule has 0 amide bonds. The van der Waals surface area contributed by atoms with E-state index in [2.05, 4.69) is 38.1 Å². The molecule has 0 bridgehead atoms. The number of H-pyrrole nitrogens is 1. The Morgan fingerprint density at radius 3 is 2.64 bits per heavy atom. The predicted octanol–water partition coefficient (Wildman–Crippen LogP) is 2.14. The van der Waals surface area contributed by atoms with E-state index in [0.29, 0.717) is 24.4 Å². The van der Waals surface area contributed by atoms with Crippen LogP contribution in [0.15, 0.2) is 6.20 Å². The molecule has 1 aromatic rings. The van der Waals surface area contributed by atoms with Crippen LogP contribution in [0.3, 0.4) is 0 Å². The monoisotopic (exact) mass is 389 g/mol. The van der Waals surface area contributed by atoms with Crippen LogP contribution in [-0.4, -0.2) is 89.5 Å². The number of nitrogens with one attached hydrogen (secondary N) is 1. The first-order valence-electron chi connectivity index (χ1n) is 11.5. The maximum Gasteiger partial charge on any atom is 0.0535 e. The molecule has 1 saturated carbocycles. The van der Waals surface area contributed by atoms with Gasteiger partial charge in [0.25, 0.3) is 0 Å². The Bertz CT molecular complexity index is 600. The fraction of sp³-hybridized carbons (Fsp3) is 0.864. The van der Waals surface area contributed by atoms with Crippen molar-refractivity contribution in [2.75, 3.05) is 59.5 Å². The summed E-state index contributed by atoms with van der Waals surface area (Å²) in [6.45, 7) is 9.30. The van der Waals surface area contributed by atoms with Crippen LogP contribution in [0.5, 0.6) is 0 Å². The second-order valence-electron chi connectivity index (χ2n) is 9.50. The van der Waals surface area contributed by atoms with Crippen LogP contribution in [0.4, 0.5) is 0 Å². The van der Waals surface area contributed by atoms with Gasteiger partial charge in [0.2, 0.25) is 0 Å². The average Bonchev–Trinajstić information content (AvgIpc) is 3.27. The van der Waals surface area contributed by atoms with Crippen molar-refractivity contribution in [2.24, 2.45) is 11.8 Å². The van der Waals surface area contributed by atoms with Gasteiger partial charge in [-0.15, -0.1) is 0 Å². The second-order valence-corrected chi connectivity index (χ2v) is 9.50. The highest BCUT2D eigenvalue weighted by molar-refractivity contribution is 5.21. The third-order valence-electron chi connectivity index (χ3n) is 7.35. The summed E-state index contributed by atoms with van der Waals surface area (Å²) in [6.07, 6.45) is 10.0. The molecule has 0 aromatic carbocycles. The third-order valence-corrected chi connectivity index (χ3v) is 7.35. The lowest BCUT2D eigenvalue weighted by Gasteiger charge is -2.26. The lowest BCUT2D eigenvalue weighted by molar-refractivity contribution is 0.165. The van der Waals surface area contributed by atoms with Gasteiger partial charge in [0.1, 0.15) is 0 Å². The molecule has 1 aromatic heterocycles. The van der Waals surface area contributed by atoms with E-state index in [1.54, 1.807) is 0 Å². The van der Waals surface area contributed by atoms with E-state index in [4.69, 9.17) is 0 Å². The Balaban J connectivity index is 1.34. The largest absolute Gasteiger partial charge is 0.396 e. The van der Waals surface area contributed by atoms with Crippen LogP contribution >= 0.6 is 0 Å². The molecule has 0 radical (unpaired) electrons. The first-order chi connectivity index (χ1) is 13.7. The summed E-state index contributed by atoms with van der Waals surface area (Å²) in [5.74, 6) is 1.66. The summed E-state index contributed by atoms with van der Waals surface area (Å²) in [6, 6.07) is 0. The molecule has 3 heterocycles. The summed E-state index contributed by atoms with van der Waals surface area (Å²) in [4.78, 5) is 7.63. The number of likely N-dealkylation sites (tertiary alicyclic amines) is 1. The number of aromatic nitrogens is 2. The molecule has 158 valence electrons. The summed E-state index contributed by atoms with van der Waals surface area (Å²) in [7, 11) is 2.23. The highest BCUT2D eigenvalue weighted by Crippen LogP contribution is 2.34. The molecule has 2 saturated heterocycles. The zero-order chi connectivity index (χ0) is 19.3. The Morgan fingerprint density at radius 1 is 1.00 bits per heavy atom. The summed E-state index contributed by atoms with van der Waals surface area (Å²) < 4.78 is 0. The standard InChI is InChI=1S/C22H39N5O/c1-25-8-5-9-26(11-10-25)14-20-15-27(16-21(20)17-28)13-19-12-23-24-22(19)18-6-3-2-4-7-18/h12,18,20-21,28H,2-11,13-17H2,1H3,(H,23,24). The second kappa shape index (κ2) is 9.70. The smallest absolute Gasteiger partial charge is 0.0535 e. The molecular formula is C22H39N5O. The van der Waals surface area contributed by atoms with Gasteiger partial charge >= 0.3 is 0 Å². The fourth-order valence-corrected chi connectivity index (χ4v) is 5.63. The predicted molar refractivity (Wildman–Crippen MR) is 112 cm³/mol. The van der Waals surface area contributed by atoms with Gasteiger partial charge in [0.15, 0.2) is 0 Å². The molecule has 3 fully saturated rings. The van der Waals surface area contributed by atoms with Crippen molar-refractivity contribution in [2.45, 2.75) is 51.0 Å². The van der Waals surface area contributed by atoms with Gasteiger partial charge < -0.3 is 14.9 Å². The van der Waals surface area contributed by atoms with E-state index in [1.807, 2.05) is 0 Å². The van der Waals surface area contributed by atoms with E-state index in [-0.39, 0.29) is 0 Å². The molecule has 2 N–H and O–H groups in total. The van der Waals surface area contributed by atoms with E-state index < -0.39 is 0 Å². The van der Waals surface area contributed by atoms with Crippen LogP contribution < -0.4 is 0 Å². The minimum absolute atomic E-state index is 0.315. The number of rotatable bonds is 6. The van der Waals surface area contributed by atoms with Crippen molar-refractivity contribution >= 4 is 0 Å². The third kappa shape index (κ3) is 4.96. The van der Waals surface area contributed by atoms with Gasteiger partial charge in [0.05, 0.1) is 6.20 Å². The van der Waals surface area contributed by atoms with Gasteiger partial charge in [-0.1, -0.05) is 19.3 Å². The SMILES string of the molecule is CN1CCCN(CC2CN(Cc3cn[nH]c3C3CCCCC3)CC2CO)CC1. The van der Waals surface area contributed by atoms with Crippen LogP contribution in [0.2, 0.25) is 0 Å². The molecule has 1 aliphatic carbocycles. The topological polar surface area (TPSA) is 58.6 Å². The Morgan fingerprint density at radius 2 is 1.82 bits per heavy atom. The molecule has 4 rings (SSSR count). The zero-order valence-corrected chi connectivity index (χ0v) is 17.7. The number of aromatic amines is 1. The van der Waals surface area contributed by atoms with Gasteiger partial charge in [0, 0.05) is 63.1 Å². The van der Waals surface area contributed by atoms with Crippen LogP contribution in [0, 0.1) is 11.8 Å². The Labute approximate surface area is 170 Å². The molecule has 2 atom stereocenters. The summed E-state index contributed by atoms with van der Waals surface area (Å²) in [5, 5.41) is 17.7. The fourth-order valence-electron chi connectivity index (χ4n) is 5.63. The van der Waals surface area contributed by atoms with Crippen molar-refractivity contribution < 1.29 is 5.11 Å². The molecule has 3 aliphatic rings. The quantitative estimate of drug-likeness (QED) is 0.781. The van der Waals surface area contributed by atoms with Gasteiger partial charge in [-0.3, -0.25) is 10.00 Å². The van der Waals surface area contributed by atoms with Crippen molar-refractivity contribution in [3.8, 4) is 0 Å². The number of aliphatic hydroxyl groups is 1. The highest BCUT2D eigenvalue weighted by Gasteiger charge is 2.34. The lowest BCUT2D eigenvalue weighted by Crippen LogP contribution is -2.36. The maximum atomic E-state index is 9.99. The zero-order valence-electron chi connectivity index (χ0n) is 17.7. The number of nitrogens with zero attached hydrogens (tertiary/aromatic N) is 4. The van der Waals surface area contributed by atoms with Gasteiger partial charge in [-0.25, -0.2) is 0 Å². The van der Waals surface area contributed by atoms with E-state index in [1.165, 1.54) is 76.0 Å². The molecule has 28 heavy (non-hydrogen) atoms. The number of aliphatic hydroxyl groups excluding tert-OH is 1. The molecule has 2 aliphatic heterocycles. The van der Waals surface area contributed by atoms with Crippen molar-refractivity contribution in [3.05, 3.63) is 17.5 Å². The maximum absolute atomic E-state index is 9.99. The summed E-state index contributed by atoms with van der Waals surface area (Å²) in [5.41, 5.74) is 2.78. The van der Waals surface area contributed by atoms with Crippen LogP contribution in [-0.2, 0) is 6.54 Å². The highest BCUT2D eigenvalue weighted by atomic mass is 16.3. The minimum Gasteiger partial charge on any atom is -0.396 e. The molecule has 6 heteroatoms. The summed E-state index contributed by atoms with van der Waals surface area (Å²) >= 11 is 0. The van der Waals surface area contributed by atoms with Crippen LogP contribution in [0.1, 0.15) is 55.7 Å². The number of likely N-dealkylation sites (N-methyl/N-ethyl adjacent to an activating group) is 1. The molecular weight excluding hydrogens is 350 g/mol. The first-order valence-corrected chi connectivity index (χ1v) is 11.5. The minimum atomic E-state index is 0.315. The number of hydrogen-bond acceptors (Lipinski definition) is 5. The lowest BCUT2D eigenvalue weighted by atomic mass is 9.85. The molecule has 2 unspecified atom stereocenters. The first kappa shape index (κ1) is 20.3. The van der Waals surface area contributed by atoms with E-state index in [9.17, 15) is 5.11 Å². The van der Waals surface area contributed by atoms with E-state index >= 15 is 0 Å².